The van der Waals surface area contributed by atoms with Crippen molar-refractivity contribution >= 4 is 45.0 Å². The Balaban J connectivity index is 1.40. The summed E-state index contributed by atoms with van der Waals surface area (Å²) >= 11 is 0. The van der Waals surface area contributed by atoms with Gasteiger partial charge in [-0.05, 0) is 50.3 Å². The summed E-state index contributed by atoms with van der Waals surface area (Å²) in [6.07, 6.45) is 4.10. The smallest absolute Gasteiger partial charge is 0.410 e. The van der Waals surface area contributed by atoms with Gasteiger partial charge in [0.05, 0.1) is 5.39 Å². The average molecular weight is 442 g/mol. The zero-order valence-electron chi connectivity index (χ0n) is 19.1. The van der Waals surface area contributed by atoms with Crippen LogP contribution in [0.4, 0.5) is 16.3 Å². The van der Waals surface area contributed by atoms with Crippen LogP contribution in [0.2, 0.25) is 0 Å². The minimum Gasteiger partial charge on any atom is -0.444 e. The first-order valence-electron chi connectivity index (χ1n) is 11.1. The number of nitrogens with one attached hydrogen (secondary N) is 2. The van der Waals surface area contributed by atoms with E-state index in [0.29, 0.717) is 13.1 Å². The quantitative estimate of drug-likeness (QED) is 0.415. The molecule has 5 rings (SSSR count). The zero-order valence-corrected chi connectivity index (χ0v) is 19.1. The van der Waals surface area contributed by atoms with Crippen LogP contribution in [-0.4, -0.2) is 44.6 Å². The van der Waals surface area contributed by atoms with Crippen LogP contribution in [0.5, 0.6) is 0 Å². The number of nitrogens with zero attached hydrogens (tertiary/aromatic N) is 3. The molecule has 1 aliphatic rings. The van der Waals surface area contributed by atoms with Gasteiger partial charge in [-0.1, -0.05) is 42.5 Å². The molecule has 1 amide bonds. The third-order valence-electron chi connectivity index (χ3n) is 5.68. The standard InChI is InChI=1S/C26H27N5O2/c1-26(2,3)33-25(32)31-13-11-18(12-14-31)22-15-20-23(27-16-28-24(20)30-22)29-21-10-6-8-17-7-4-5-9-19(17)21/h4-11,15-16H,12-14H2,1-3H3,(H2,27,28,29,30). The van der Waals surface area contributed by atoms with E-state index in [1.165, 1.54) is 5.39 Å². The molecule has 2 aromatic carbocycles. The fourth-order valence-electron chi connectivity index (χ4n) is 4.08. The maximum Gasteiger partial charge on any atom is 0.410 e. The van der Waals surface area contributed by atoms with Gasteiger partial charge < -0.3 is 19.9 Å². The van der Waals surface area contributed by atoms with Crippen LogP contribution in [0.1, 0.15) is 32.9 Å². The number of fused-ring (bicyclic) bond motifs is 2. The van der Waals surface area contributed by atoms with Crippen molar-refractivity contribution in [3.63, 3.8) is 0 Å². The molecule has 0 unspecified atom stereocenters. The normalized spacial score (nSPS) is 14.4. The fraction of sp³-hybridized carbons (Fsp3) is 0.269. The Morgan fingerprint density at radius 3 is 2.70 bits per heavy atom. The van der Waals surface area contributed by atoms with Gasteiger partial charge >= 0.3 is 6.09 Å². The van der Waals surface area contributed by atoms with Gasteiger partial charge in [0, 0.05) is 29.9 Å². The predicted molar refractivity (Wildman–Crippen MR) is 132 cm³/mol. The third kappa shape index (κ3) is 4.39. The fourth-order valence-corrected chi connectivity index (χ4v) is 4.08. The van der Waals surface area contributed by atoms with E-state index in [0.717, 1.165) is 45.6 Å². The summed E-state index contributed by atoms with van der Waals surface area (Å²) in [4.78, 5) is 26.4. The molecule has 33 heavy (non-hydrogen) atoms. The van der Waals surface area contributed by atoms with Gasteiger partial charge in [-0.15, -0.1) is 0 Å². The summed E-state index contributed by atoms with van der Waals surface area (Å²) in [5.41, 5.74) is 3.43. The number of aromatic nitrogens is 3. The lowest BCUT2D eigenvalue weighted by atomic mass is 10.1. The molecule has 0 saturated carbocycles. The molecular formula is C26H27N5O2. The third-order valence-corrected chi connectivity index (χ3v) is 5.68. The van der Waals surface area contributed by atoms with Gasteiger partial charge in [0.15, 0.2) is 0 Å². The molecule has 0 atom stereocenters. The minimum atomic E-state index is -0.496. The molecule has 4 aromatic rings. The summed E-state index contributed by atoms with van der Waals surface area (Å²) in [7, 11) is 0. The highest BCUT2D eigenvalue weighted by molar-refractivity contribution is 5.98. The summed E-state index contributed by atoms with van der Waals surface area (Å²) in [6, 6.07) is 16.5. The number of H-pyrrole nitrogens is 1. The maximum absolute atomic E-state index is 12.3. The molecule has 0 spiro atoms. The van der Waals surface area contributed by atoms with Crippen molar-refractivity contribution in [2.24, 2.45) is 0 Å². The SMILES string of the molecule is CC(C)(C)OC(=O)N1CC=C(c2cc3c(Nc4cccc5ccccc45)ncnc3[nH]2)CC1. The summed E-state index contributed by atoms with van der Waals surface area (Å²) in [5.74, 6) is 0.755. The van der Waals surface area contributed by atoms with Gasteiger partial charge in [-0.3, -0.25) is 0 Å². The highest BCUT2D eigenvalue weighted by atomic mass is 16.6. The van der Waals surface area contributed by atoms with Gasteiger partial charge in [0.1, 0.15) is 23.4 Å². The Morgan fingerprint density at radius 2 is 1.91 bits per heavy atom. The number of carbonyl (C=O) groups is 1. The number of anilines is 2. The van der Waals surface area contributed by atoms with E-state index in [1.807, 2.05) is 39.0 Å². The highest BCUT2D eigenvalue weighted by Gasteiger charge is 2.24. The van der Waals surface area contributed by atoms with E-state index in [9.17, 15) is 4.79 Å². The molecule has 1 aliphatic heterocycles. The zero-order chi connectivity index (χ0) is 23.0. The second-order valence-corrected chi connectivity index (χ2v) is 9.22. The van der Waals surface area contributed by atoms with E-state index >= 15 is 0 Å². The van der Waals surface area contributed by atoms with Gasteiger partial charge in [-0.2, -0.15) is 0 Å². The Morgan fingerprint density at radius 1 is 1.09 bits per heavy atom. The van der Waals surface area contributed by atoms with E-state index in [-0.39, 0.29) is 6.09 Å². The number of aromatic amines is 1. The van der Waals surface area contributed by atoms with E-state index in [4.69, 9.17) is 4.74 Å². The molecule has 0 radical (unpaired) electrons. The minimum absolute atomic E-state index is 0.276. The van der Waals surface area contributed by atoms with Crippen molar-refractivity contribution in [1.82, 2.24) is 19.9 Å². The van der Waals surface area contributed by atoms with Crippen LogP contribution in [-0.2, 0) is 4.74 Å². The van der Waals surface area contributed by atoms with Gasteiger partial charge in [-0.25, -0.2) is 14.8 Å². The number of hydrogen-bond donors (Lipinski definition) is 2. The Hall–Kier alpha value is -3.87. The topological polar surface area (TPSA) is 83.1 Å². The van der Waals surface area contributed by atoms with E-state index in [1.54, 1.807) is 11.2 Å². The highest BCUT2D eigenvalue weighted by Crippen LogP contribution is 2.31. The van der Waals surface area contributed by atoms with Crippen molar-refractivity contribution in [3.05, 3.63) is 66.6 Å². The number of hydrogen-bond acceptors (Lipinski definition) is 5. The average Bonchev–Trinajstić information content (AvgIpc) is 3.24. The van der Waals surface area contributed by atoms with E-state index < -0.39 is 5.60 Å². The van der Waals surface area contributed by atoms with Crippen LogP contribution in [0.15, 0.2) is 60.9 Å². The van der Waals surface area contributed by atoms with Crippen LogP contribution in [0.25, 0.3) is 27.4 Å². The molecule has 2 aromatic heterocycles. The molecule has 0 fully saturated rings. The number of carbonyl (C=O) groups excluding carboxylic acids is 1. The lowest BCUT2D eigenvalue weighted by molar-refractivity contribution is 0.0270. The lowest BCUT2D eigenvalue weighted by Crippen LogP contribution is -2.39. The second kappa shape index (κ2) is 8.24. The summed E-state index contributed by atoms with van der Waals surface area (Å²) in [5, 5.41) is 6.73. The van der Waals surface area contributed by atoms with Crippen molar-refractivity contribution < 1.29 is 9.53 Å². The lowest BCUT2D eigenvalue weighted by Gasteiger charge is -2.29. The maximum atomic E-state index is 12.3. The Kier molecular flexibility index (Phi) is 5.24. The first kappa shape index (κ1) is 21.0. The number of ether oxygens (including phenoxy) is 1. The van der Waals surface area contributed by atoms with Gasteiger partial charge in [0.2, 0.25) is 0 Å². The van der Waals surface area contributed by atoms with Crippen LogP contribution >= 0.6 is 0 Å². The Bertz CT molecular complexity index is 1360. The molecule has 3 heterocycles. The molecule has 7 heteroatoms. The number of benzene rings is 2. The molecule has 2 N–H and O–H groups in total. The molecule has 0 saturated heterocycles. The van der Waals surface area contributed by atoms with Crippen molar-refractivity contribution in [1.29, 1.82) is 0 Å². The van der Waals surface area contributed by atoms with Crippen molar-refractivity contribution in [3.8, 4) is 0 Å². The predicted octanol–water partition coefficient (Wildman–Crippen LogP) is 5.88. The van der Waals surface area contributed by atoms with Crippen LogP contribution < -0.4 is 5.32 Å². The molecule has 0 aliphatic carbocycles. The first-order chi connectivity index (χ1) is 15.9. The summed E-state index contributed by atoms with van der Waals surface area (Å²) in [6.45, 7) is 6.78. The molecule has 7 nitrogen and oxygen atoms in total. The number of rotatable bonds is 3. The van der Waals surface area contributed by atoms with Gasteiger partial charge in [0.25, 0.3) is 0 Å². The summed E-state index contributed by atoms with van der Waals surface area (Å²) < 4.78 is 5.49. The Labute approximate surface area is 192 Å². The van der Waals surface area contributed by atoms with Crippen molar-refractivity contribution in [2.45, 2.75) is 32.8 Å². The monoisotopic (exact) mass is 441 g/mol. The molecule has 0 bridgehead atoms. The first-order valence-corrected chi connectivity index (χ1v) is 11.1. The number of amides is 1. The van der Waals surface area contributed by atoms with Crippen LogP contribution in [0, 0.1) is 0 Å². The van der Waals surface area contributed by atoms with Crippen molar-refractivity contribution in [2.75, 3.05) is 18.4 Å². The largest absolute Gasteiger partial charge is 0.444 e. The second-order valence-electron chi connectivity index (χ2n) is 9.22. The van der Waals surface area contributed by atoms with Crippen LogP contribution in [0.3, 0.4) is 0 Å². The molecule has 168 valence electrons. The van der Waals surface area contributed by atoms with E-state index in [2.05, 4.69) is 56.7 Å². The molecular weight excluding hydrogens is 414 g/mol.